The summed E-state index contributed by atoms with van der Waals surface area (Å²) < 4.78 is 11.2. The van der Waals surface area contributed by atoms with Crippen LogP contribution < -0.4 is 11.1 Å². The zero-order valence-corrected chi connectivity index (χ0v) is 13.7. The molecule has 0 aliphatic carbocycles. The second-order valence-corrected chi connectivity index (χ2v) is 6.40. The molecule has 1 aliphatic heterocycles. The number of aromatic nitrogens is 1. The Labute approximate surface area is 139 Å². The van der Waals surface area contributed by atoms with Crippen molar-refractivity contribution in [3.05, 3.63) is 22.7 Å². The third-order valence-electron chi connectivity index (χ3n) is 4.21. The van der Waals surface area contributed by atoms with E-state index in [0.717, 1.165) is 18.4 Å². The van der Waals surface area contributed by atoms with E-state index in [0.29, 0.717) is 41.3 Å². The number of rotatable bonds is 5. The Morgan fingerprint density at radius 2 is 2.22 bits per heavy atom. The molecule has 3 rings (SSSR count). The quantitative estimate of drug-likeness (QED) is 0.875. The molecule has 3 N–H and O–H groups in total. The number of ether oxygens (including phenoxy) is 1. The normalized spacial score (nSPS) is 17.3. The third-order valence-corrected chi connectivity index (χ3v) is 4.42. The summed E-state index contributed by atoms with van der Waals surface area (Å²) in [5, 5.41) is 3.86. The highest BCUT2D eigenvalue weighted by Crippen LogP contribution is 2.29. The molecule has 0 radical (unpaired) electrons. The van der Waals surface area contributed by atoms with E-state index >= 15 is 0 Å². The Morgan fingerprint density at radius 1 is 1.48 bits per heavy atom. The van der Waals surface area contributed by atoms with Crippen LogP contribution in [0.3, 0.4) is 0 Å². The van der Waals surface area contributed by atoms with Gasteiger partial charge in [0.25, 0.3) is 6.01 Å². The van der Waals surface area contributed by atoms with Crippen molar-refractivity contribution in [2.24, 2.45) is 11.7 Å². The zero-order valence-electron chi connectivity index (χ0n) is 13.0. The van der Waals surface area contributed by atoms with Crippen molar-refractivity contribution in [1.29, 1.82) is 0 Å². The monoisotopic (exact) mass is 337 g/mol. The van der Waals surface area contributed by atoms with Crippen LogP contribution in [0.2, 0.25) is 5.02 Å². The van der Waals surface area contributed by atoms with Crippen LogP contribution in [0.1, 0.15) is 24.8 Å². The first-order valence-electron chi connectivity index (χ1n) is 7.72. The topological polar surface area (TPSA) is 90.4 Å². The van der Waals surface area contributed by atoms with Gasteiger partial charge in [0.2, 0.25) is 5.91 Å². The molecular weight excluding hydrogens is 318 g/mol. The lowest BCUT2D eigenvalue weighted by Gasteiger charge is -2.29. The molecule has 0 spiro atoms. The van der Waals surface area contributed by atoms with E-state index in [-0.39, 0.29) is 18.4 Å². The Morgan fingerprint density at radius 3 is 2.91 bits per heavy atom. The molecule has 0 saturated carbocycles. The highest BCUT2D eigenvalue weighted by Gasteiger charge is 2.27. The first-order valence-corrected chi connectivity index (χ1v) is 8.10. The number of carbonyl (C=O) groups is 1. The summed E-state index contributed by atoms with van der Waals surface area (Å²) >= 11 is 6.05. The molecule has 7 heteroatoms. The largest absolute Gasteiger partial charge is 0.423 e. The van der Waals surface area contributed by atoms with E-state index < -0.39 is 0 Å². The first kappa shape index (κ1) is 16.1. The van der Waals surface area contributed by atoms with Gasteiger partial charge in [-0.2, -0.15) is 4.98 Å². The number of primary amides is 1. The molecule has 0 bridgehead atoms. The van der Waals surface area contributed by atoms with Gasteiger partial charge in [-0.05, 0) is 43.4 Å². The average molecular weight is 338 g/mol. The molecule has 2 aromatic rings. The molecule has 1 aromatic carbocycles. The Balaban J connectivity index is 1.83. The summed E-state index contributed by atoms with van der Waals surface area (Å²) in [7, 11) is 0. The molecule has 1 aromatic heterocycles. The van der Waals surface area contributed by atoms with Crippen molar-refractivity contribution < 1.29 is 13.9 Å². The molecule has 23 heavy (non-hydrogen) atoms. The zero-order chi connectivity index (χ0) is 16.4. The van der Waals surface area contributed by atoms with Crippen molar-refractivity contribution in [1.82, 2.24) is 4.98 Å². The van der Waals surface area contributed by atoms with Crippen LogP contribution >= 0.6 is 11.6 Å². The number of carbonyl (C=O) groups excluding carboxylic acids is 1. The molecule has 0 unspecified atom stereocenters. The minimum absolute atomic E-state index is 0.111. The van der Waals surface area contributed by atoms with Crippen molar-refractivity contribution in [2.45, 2.75) is 32.2 Å². The van der Waals surface area contributed by atoms with Crippen LogP contribution in [-0.4, -0.2) is 30.1 Å². The number of benzene rings is 1. The number of hydrogen-bond donors (Lipinski definition) is 2. The van der Waals surface area contributed by atoms with Gasteiger partial charge in [0.15, 0.2) is 5.58 Å². The predicted molar refractivity (Wildman–Crippen MR) is 88.5 cm³/mol. The molecule has 2 heterocycles. The standard InChI is InChI=1S/C16H20ClN3O3/c1-9-6-11(17)7-13-15(9)23-16(20-13)19-12(8-14(18)21)10-2-4-22-5-3-10/h6-7,10,12H,2-5,8H2,1H3,(H2,18,21)(H,19,20)/t12-/m0/s1. The highest BCUT2D eigenvalue weighted by molar-refractivity contribution is 6.31. The smallest absolute Gasteiger partial charge is 0.295 e. The van der Waals surface area contributed by atoms with Crippen LogP contribution in [0.25, 0.3) is 11.1 Å². The molecular formula is C16H20ClN3O3. The second kappa shape index (κ2) is 6.76. The lowest BCUT2D eigenvalue weighted by Crippen LogP contribution is -2.37. The summed E-state index contributed by atoms with van der Waals surface area (Å²) in [6.45, 7) is 3.32. The lowest BCUT2D eigenvalue weighted by molar-refractivity contribution is -0.118. The summed E-state index contributed by atoms with van der Waals surface area (Å²) in [6.07, 6.45) is 2.01. The summed E-state index contributed by atoms with van der Waals surface area (Å²) in [5.74, 6) is -0.0414. The average Bonchev–Trinajstić information content (AvgIpc) is 2.90. The van der Waals surface area contributed by atoms with Gasteiger partial charge in [-0.15, -0.1) is 0 Å². The van der Waals surface area contributed by atoms with Crippen molar-refractivity contribution >= 4 is 34.6 Å². The highest BCUT2D eigenvalue weighted by atomic mass is 35.5. The fraction of sp³-hybridized carbons (Fsp3) is 0.500. The van der Waals surface area contributed by atoms with Crippen molar-refractivity contribution in [2.75, 3.05) is 18.5 Å². The van der Waals surface area contributed by atoms with Crippen molar-refractivity contribution in [3.63, 3.8) is 0 Å². The van der Waals surface area contributed by atoms with Gasteiger partial charge in [-0.25, -0.2) is 0 Å². The summed E-state index contributed by atoms with van der Waals surface area (Å²) in [4.78, 5) is 15.8. The number of anilines is 1. The Bertz CT molecular complexity index is 710. The number of nitrogens with zero attached hydrogens (tertiary/aromatic N) is 1. The SMILES string of the molecule is Cc1cc(Cl)cc2nc(N[C@@H](CC(N)=O)C3CCOCC3)oc12. The number of amides is 1. The molecule has 1 saturated heterocycles. The maximum absolute atomic E-state index is 11.4. The third kappa shape index (κ3) is 3.76. The fourth-order valence-electron chi connectivity index (χ4n) is 3.05. The van der Waals surface area contributed by atoms with Crippen LogP contribution in [-0.2, 0) is 9.53 Å². The van der Waals surface area contributed by atoms with Gasteiger partial charge in [0, 0.05) is 30.7 Å². The van der Waals surface area contributed by atoms with Gasteiger partial charge >= 0.3 is 0 Å². The number of hydrogen-bond acceptors (Lipinski definition) is 5. The lowest BCUT2D eigenvalue weighted by atomic mass is 9.89. The number of halogens is 1. The molecule has 1 fully saturated rings. The van der Waals surface area contributed by atoms with Gasteiger partial charge in [-0.3, -0.25) is 4.79 Å². The van der Waals surface area contributed by atoms with Crippen LogP contribution in [0.5, 0.6) is 0 Å². The number of aryl methyl sites for hydroxylation is 1. The van der Waals surface area contributed by atoms with Gasteiger partial charge < -0.3 is 20.2 Å². The first-order chi connectivity index (χ1) is 11.0. The van der Waals surface area contributed by atoms with Gasteiger partial charge in [-0.1, -0.05) is 11.6 Å². The molecule has 1 atom stereocenters. The molecule has 1 amide bonds. The van der Waals surface area contributed by atoms with E-state index in [9.17, 15) is 4.79 Å². The minimum atomic E-state index is -0.343. The minimum Gasteiger partial charge on any atom is -0.423 e. The van der Waals surface area contributed by atoms with E-state index in [1.807, 2.05) is 13.0 Å². The summed E-state index contributed by atoms with van der Waals surface area (Å²) in [5.41, 5.74) is 7.71. The molecule has 6 nitrogen and oxygen atoms in total. The van der Waals surface area contributed by atoms with Gasteiger partial charge in [0.05, 0.1) is 0 Å². The van der Waals surface area contributed by atoms with E-state index in [2.05, 4.69) is 10.3 Å². The van der Waals surface area contributed by atoms with E-state index in [1.54, 1.807) is 6.07 Å². The number of fused-ring (bicyclic) bond motifs is 1. The number of oxazole rings is 1. The molecule has 1 aliphatic rings. The maximum Gasteiger partial charge on any atom is 0.295 e. The van der Waals surface area contributed by atoms with Crippen molar-refractivity contribution in [3.8, 4) is 0 Å². The van der Waals surface area contributed by atoms with Crippen LogP contribution in [0.4, 0.5) is 6.01 Å². The Hall–Kier alpha value is -1.79. The van der Waals surface area contributed by atoms with Crippen LogP contribution in [0.15, 0.2) is 16.5 Å². The number of nitrogens with two attached hydrogens (primary N) is 1. The van der Waals surface area contributed by atoms with Crippen LogP contribution in [0, 0.1) is 12.8 Å². The second-order valence-electron chi connectivity index (χ2n) is 5.96. The fourth-order valence-corrected chi connectivity index (χ4v) is 3.31. The van der Waals surface area contributed by atoms with Gasteiger partial charge in [0.1, 0.15) is 5.52 Å². The molecule has 124 valence electrons. The maximum atomic E-state index is 11.4. The summed E-state index contributed by atoms with van der Waals surface area (Å²) in [6, 6.07) is 3.87. The predicted octanol–water partition coefficient (Wildman–Crippen LogP) is 2.87. The number of nitrogens with one attached hydrogen (secondary N) is 1. The Kier molecular flexibility index (Phi) is 4.73. The van der Waals surface area contributed by atoms with E-state index in [4.69, 9.17) is 26.5 Å². The van der Waals surface area contributed by atoms with E-state index in [1.165, 1.54) is 0 Å².